The van der Waals surface area contributed by atoms with Crippen LogP contribution in [0.3, 0.4) is 0 Å². The van der Waals surface area contributed by atoms with Crippen molar-refractivity contribution in [2.45, 2.75) is 63.4 Å². The van der Waals surface area contributed by atoms with E-state index in [1.807, 2.05) is 30.3 Å². The predicted octanol–water partition coefficient (Wildman–Crippen LogP) is 3.53. The first-order valence-corrected chi connectivity index (χ1v) is 15.8. The molecule has 1 aliphatic carbocycles. The lowest BCUT2D eigenvalue weighted by Crippen LogP contribution is -2.55. The number of benzene rings is 2. The van der Waals surface area contributed by atoms with Gasteiger partial charge in [-0.05, 0) is 83.7 Å². The number of nitrogens with one attached hydrogen (secondary N) is 1. The molecule has 11 heteroatoms. The van der Waals surface area contributed by atoms with Crippen molar-refractivity contribution < 1.29 is 39.1 Å². The Bertz CT molecular complexity index is 1300. The lowest BCUT2D eigenvalue weighted by Gasteiger charge is -2.41. The first-order chi connectivity index (χ1) is 21.3. The van der Waals surface area contributed by atoms with Crippen LogP contribution in [0.15, 0.2) is 60.7 Å². The van der Waals surface area contributed by atoms with Crippen molar-refractivity contribution in [3.8, 4) is 17.2 Å². The summed E-state index contributed by atoms with van der Waals surface area (Å²) in [4.78, 5) is 28.6. The second-order valence-electron chi connectivity index (χ2n) is 10.5. The normalized spacial score (nSPS) is 17.8. The highest BCUT2D eigenvalue weighted by molar-refractivity contribution is 14.1. The summed E-state index contributed by atoms with van der Waals surface area (Å²) >= 11 is 2.07. The van der Waals surface area contributed by atoms with E-state index < -0.39 is 24.2 Å². The maximum Gasteiger partial charge on any atom is 0.247 e. The average molecular weight is 723 g/mol. The summed E-state index contributed by atoms with van der Waals surface area (Å²) in [6.45, 7) is 3.68. The number of nitrogens with zero attached hydrogens (tertiary/aromatic N) is 1. The zero-order chi connectivity index (χ0) is 32.1. The molecule has 0 radical (unpaired) electrons. The number of hydrogen-bond acceptors (Lipinski definition) is 8. The van der Waals surface area contributed by atoms with Crippen molar-refractivity contribution in [3.05, 3.63) is 75.4 Å². The molecule has 0 saturated carbocycles. The Morgan fingerprint density at radius 3 is 2.57 bits per heavy atom. The Balaban J connectivity index is 2.00. The van der Waals surface area contributed by atoms with E-state index in [4.69, 9.17) is 14.2 Å². The van der Waals surface area contributed by atoms with Gasteiger partial charge in [-0.15, -0.1) is 6.58 Å². The number of carbonyl (C=O) groups excluding carboxylic acids is 2. The molecule has 3 atom stereocenters. The molecule has 10 nitrogen and oxygen atoms in total. The minimum atomic E-state index is -1.18. The predicted molar refractivity (Wildman–Crippen MR) is 176 cm³/mol. The van der Waals surface area contributed by atoms with Crippen molar-refractivity contribution in [2.75, 3.05) is 33.9 Å². The number of aliphatic hydroxyl groups is 3. The van der Waals surface area contributed by atoms with Crippen LogP contribution in [-0.2, 0) is 22.6 Å². The van der Waals surface area contributed by atoms with Gasteiger partial charge in [-0.3, -0.25) is 9.59 Å². The number of rotatable bonds is 17. The highest BCUT2D eigenvalue weighted by Crippen LogP contribution is 2.37. The van der Waals surface area contributed by atoms with Crippen LogP contribution < -0.4 is 19.5 Å². The van der Waals surface area contributed by atoms with Crippen LogP contribution in [0, 0.1) is 3.57 Å². The molecule has 3 unspecified atom stereocenters. The number of ether oxygens (including phenoxy) is 3. The number of methoxy groups -OCH3 is 2. The monoisotopic (exact) mass is 722 g/mol. The fourth-order valence-corrected chi connectivity index (χ4v) is 6.02. The van der Waals surface area contributed by atoms with Gasteiger partial charge in [-0.2, -0.15) is 0 Å². The molecule has 1 aliphatic rings. The Kier molecular flexibility index (Phi) is 14.5. The van der Waals surface area contributed by atoms with Gasteiger partial charge in [0.2, 0.25) is 11.8 Å². The topological polar surface area (TPSA) is 138 Å². The van der Waals surface area contributed by atoms with E-state index >= 15 is 0 Å². The molecule has 0 heterocycles. The summed E-state index contributed by atoms with van der Waals surface area (Å²) in [6.07, 6.45) is 4.31. The van der Waals surface area contributed by atoms with E-state index in [0.717, 1.165) is 18.4 Å². The fraction of sp³-hybridized carbons (Fsp3) is 0.455. The van der Waals surface area contributed by atoms with Crippen molar-refractivity contribution in [1.29, 1.82) is 0 Å². The minimum absolute atomic E-state index is 0.0585. The molecule has 0 bridgehead atoms. The number of hydrogen-bond donors (Lipinski definition) is 4. The standard InChI is InChI=1S/C33H43IN2O8/c1-4-5-6-7-12-30(39)36(15-13-23-10-8-9-11-27(23)42-2)26-19-24(33(41)35-14-16-37)20-28(31(26)40)44-32-25(34)17-22(21-38)18-29(32)43-3/h4,8-11,17-18,20,26,28,31,37-38,40H,1,5-7,12-16,19,21H2,2-3H3,(H,35,41). The zero-order valence-corrected chi connectivity index (χ0v) is 27.5. The van der Waals surface area contributed by atoms with Crippen LogP contribution in [0.4, 0.5) is 0 Å². The molecule has 2 amide bonds. The number of amides is 2. The summed E-state index contributed by atoms with van der Waals surface area (Å²) in [7, 11) is 3.08. The van der Waals surface area contributed by atoms with Crippen LogP contribution >= 0.6 is 22.6 Å². The average Bonchev–Trinajstić information content (AvgIpc) is 3.04. The molecular weight excluding hydrogens is 679 g/mol. The van der Waals surface area contributed by atoms with Crippen molar-refractivity contribution in [2.24, 2.45) is 0 Å². The molecule has 0 aliphatic heterocycles. The van der Waals surface area contributed by atoms with Gasteiger partial charge in [-0.1, -0.05) is 24.3 Å². The van der Waals surface area contributed by atoms with Gasteiger partial charge in [0.25, 0.3) is 0 Å². The molecule has 3 rings (SSSR count). The molecule has 2 aromatic carbocycles. The third-order valence-corrected chi connectivity index (χ3v) is 8.33. The van der Waals surface area contributed by atoms with Crippen molar-refractivity contribution >= 4 is 34.4 Å². The number of unbranched alkanes of at least 4 members (excludes halogenated alkanes) is 2. The largest absolute Gasteiger partial charge is 0.496 e. The van der Waals surface area contributed by atoms with E-state index in [2.05, 4.69) is 34.5 Å². The van der Waals surface area contributed by atoms with Gasteiger partial charge in [0.1, 0.15) is 18.0 Å². The van der Waals surface area contributed by atoms with Gasteiger partial charge in [0, 0.05) is 31.5 Å². The lowest BCUT2D eigenvalue weighted by molar-refractivity contribution is -0.138. The van der Waals surface area contributed by atoms with E-state index in [1.165, 1.54) is 7.11 Å². The smallest absolute Gasteiger partial charge is 0.247 e. The third-order valence-electron chi connectivity index (χ3n) is 7.52. The molecule has 240 valence electrons. The summed E-state index contributed by atoms with van der Waals surface area (Å²) in [5.41, 5.74) is 1.88. The molecule has 0 saturated heterocycles. The first-order valence-electron chi connectivity index (χ1n) is 14.7. The molecule has 44 heavy (non-hydrogen) atoms. The summed E-state index contributed by atoms with van der Waals surface area (Å²) in [5.74, 6) is 0.861. The van der Waals surface area contributed by atoms with Gasteiger partial charge >= 0.3 is 0 Å². The summed E-state index contributed by atoms with van der Waals surface area (Å²) in [5, 5.41) is 33.4. The molecule has 0 fully saturated rings. The quantitative estimate of drug-likeness (QED) is 0.111. The second kappa shape index (κ2) is 18.0. The van der Waals surface area contributed by atoms with Gasteiger partial charge < -0.3 is 39.7 Å². The molecular formula is C33H43IN2O8. The van der Waals surface area contributed by atoms with Crippen LogP contribution in [0.25, 0.3) is 0 Å². The highest BCUT2D eigenvalue weighted by atomic mass is 127. The van der Waals surface area contributed by atoms with Crippen molar-refractivity contribution in [1.82, 2.24) is 10.2 Å². The third kappa shape index (κ3) is 9.43. The van der Waals surface area contributed by atoms with E-state index in [1.54, 1.807) is 30.2 Å². The van der Waals surface area contributed by atoms with E-state index in [-0.39, 0.29) is 45.1 Å². The molecule has 4 N–H and O–H groups in total. The Hall–Kier alpha value is -3.13. The Morgan fingerprint density at radius 1 is 1.14 bits per heavy atom. The zero-order valence-electron chi connectivity index (χ0n) is 25.3. The van der Waals surface area contributed by atoms with Crippen LogP contribution in [-0.4, -0.2) is 84.2 Å². The summed E-state index contributed by atoms with van der Waals surface area (Å²) in [6, 6.07) is 10.2. The fourth-order valence-electron chi connectivity index (χ4n) is 5.23. The Labute approximate surface area is 272 Å². The van der Waals surface area contributed by atoms with E-state index in [0.29, 0.717) is 44.8 Å². The van der Waals surface area contributed by atoms with Gasteiger partial charge in [0.15, 0.2) is 11.5 Å². The lowest BCUT2D eigenvalue weighted by atomic mass is 9.87. The maximum atomic E-state index is 13.8. The number of carbonyl (C=O) groups is 2. The molecule has 2 aromatic rings. The Morgan fingerprint density at radius 2 is 1.89 bits per heavy atom. The first kappa shape index (κ1) is 35.4. The van der Waals surface area contributed by atoms with Crippen LogP contribution in [0.2, 0.25) is 0 Å². The van der Waals surface area contributed by atoms with Crippen LogP contribution in [0.5, 0.6) is 17.2 Å². The highest BCUT2D eigenvalue weighted by Gasteiger charge is 2.40. The molecule has 0 aromatic heterocycles. The number of allylic oxidation sites excluding steroid dienone is 1. The number of halogens is 1. The number of aliphatic hydroxyl groups excluding tert-OH is 3. The SMILES string of the molecule is C=CCCCCC(=O)N(CCc1ccccc1OC)C1CC(C(=O)NCCO)=CC(Oc2c(I)cc(CO)cc2OC)C1O. The summed E-state index contributed by atoms with van der Waals surface area (Å²) < 4.78 is 18.0. The van der Waals surface area contributed by atoms with Gasteiger partial charge in [-0.25, -0.2) is 0 Å². The second-order valence-corrected chi connectivity index (χ2v) is 11.6. The van der Waals surface area contributed by atoms with Crippen LogP contribution in [0.1, 0.15) is 43.2 Å². The minimum Gasteiger partial charge on any atom is -0.496 e. The maximum absolute atomic E-state index is 13.8. The molecule has 0 spiro atoms. The van der Waals surface area contributed by atoms with Crippen molar-refractivity contribution in [3.63, 3.8) is 0 Å². The number of para-hydroxylation sites is 1. The van der Waals surface area contributed by atoms with Gasteiger partial charge in [0.05, 0.1) is 37.0 Å². The van der Waals surface area contributed by atoms with E-state index in [9.17, 15) is 24.9 Å².